The molecule has 0 amide bonds. The lowest BCUT2D eigenvalue weighted by Crippen LogP contribution is -2.42. The Kier molecular flexibility index (Phi) is 5.74. The third kappa shape index (κ3) is 3.89. The van der Waals surface area contributed by atoms with Gasteiger partial charge in [0, 0.05) is 17.6 Å². The molecule has 0 fully saturated rings. The van der Waals surface area contributed by atoms with Gasteiger partial charge in [0.15, 0.2) is 16.4 Å². The van der Waals surface area contributed by atoms with Gasteiger partial charge in [0.25, 0.3) is 10.0 Å². The van der Waals surface area contributed by atoms with Gasteiger partial charge in [0.05, 0.1) is 19.5 Å². The molecule has 0 N–H and O–H groups in total. The first-order valence-corrected chi connectivity index (χ1v) is 10.1. The Labute approximate surface area is 169 Å². The number of fused-ring (bicyclic) bond motifs is 1. The predicted octanol–water partition coefficient (Wildman–Crippen LogP) is 3.71. The Balaban J connectivity index is 2.17. The molecule has 156 valence electrons. The molecular formula is C17H16ClF3N4O3S. The van der Waals surface area contributed by atoms with E-state index in [1.165, 1.54) is 38.4 Å². The quantitative estimate of drug-likeness (QED) is 0.574. The molecule has 0 spiro atoms. The van der Waals surface area contributed by atoms with E-state index < -0.39 is 33.8 Å². The van der Waals surface area contributed by atoms with E-state index in [1.807, 2.05) is 0 Å². The number of hydrogen-bond acceptors (Lipinski definition) is 5. The number of rotatable bonds is 6. The second kappa shape index (κ2) is 7.81. The van der Waals surface area contributed by atoms with Crippen LogP contribution in [0.5, 0.6) is 5.75 Å². The molecule has 12 heteroatoms. The third-order valence-corrected chi connectivity index (χ3v) is 6.37. The smallest absolute Gasteiger partial charge is 0.409 e. The molecule has 0 saturated heterocycles. The summed E-state index contributed by atoms with van der Waals surface area (Å²) in [5, 5.41) is 3.64. The minimum atomic E-state index is -4.87. The van der Waals surface area contributed by atoms with Gasteiger partial charge in [-0.2, -0.15) is 27.1 Å². The van der Waals surface area contributed by atoms with E-state index in [9.17, 15) is 21.6 Å². The number of imidazole rings is 1. The second-order valence-corrected chi connectivity index (χ2v) is 8.21. The number of ether oxygens (including phenoxy) is 1. The largest absolute Gasteiger partial charge is 0.493 e. The summed E-state index contributed by atoms with van der Waals surface area (Å²) in [6.45, 7) is 0.885. The fraction of sp³-hybridized carbons (Fsp3) is 0.294. The molecule has 2 heterocycles. The summed E-state index contributed by atoms with van der Waals surface area (Å²) in [5.41, 5.74) is -0.189. The Morgan fingerprint density at radius 2 is 1.90 bits per heavy atom. The lowest BCUT2D eigenvalue weighted by molar-refractivity contribution is -0.173. The highest BCUT2D eigenvalue weighted by Crippen LogP contribution is 2.40. The zero-order valence-corrected chi connectivity index (χ0v) is 16.8. The number of sulfonamides is 1. The molecule has 0 aliphatic heterocycles. The summed E-state index contributed by atoms with van der Waals surface area (Å²) in [5.74, 6) is 0.231. The Bertz CT molecular complexity index is 1120. The molecule has 1 atom stereocenters. The average Bonchev–Trinajstić information content (AvgIpc) is 3.11. The number of halogens is 4. The Morgan fingerprint density at radius 1 is 1.24 bits per heavy atom. The fourth-order valence-corrected chi connectivity index (χ4v) is 4.73. The minimum Gasteiger partial charge on any atom is -0.493 e. The SMILES string of the molecule is CCN([C@H](c1ccc(Cl)cc1)C(F)(F)F)S(=O)(=O)c1cnc2c(OC)ccnn12. The summed E-state index contributed by atoms with van der Waals surface area (Å²) >= 11 is 5.76. The van der Waals surface area contributed by atoms with Crippen LogP contribution in [-0.2, 0) is 10.0 Å². The molecule has 7 nitrogen and oxygen atoms in total. The van der Waals surface area contributed by atoms with E-state index in [4.69, 9.17) is 16.3 Å². The van der Waals surface area contributed by atoms with Crippen molar-refractivity contribution in [1.29, 1.82) is 0 Å². The molecule has 0 radical (unpaired) electrons. The summed E-state index contributed by atoms with van der Waals surface area (Å²) in [4.78, 5) is 3.95. The van der Waals surface area contributed by atoms with E-state index in [0.29, 0.717) is 4.31 Å². The van der Waals surface area contributed by atoms with Crippen LogP contribution in [0.4, 0.5) is 13.2 Å². The summed E-state index contributed by atoms with van der Waals surface area (Å²) in [6, 6.07) is 3.89. The van der Waals surface area contributed by atoms with Crippen molar-refractivity contribution in [3.05, 3.63) is 53.3 Å². The molecule has 29 heavy (non-hydrogen) atoms. The molecule has 0 unspecified atom stereocenters. The number of nitrogens with zero attached hydrogens (tertiary/aromatic N) is 4. The number of aromatic nitrogens is 3. The number of hydrogen-bond donors (Lipinski definition) is 0. The summed E-state index contributed by atoms with van der Waals surface area (Å²) in [6.07, 6.45) is -2.65. The first kappa shape index (κ1) is 21.3. The number of alkyl halides is 3. The van der Waals surface area contributed by atoms with Gasteiger partial charge in [-0.25, -0.2) is 13.4 Å². The number of methoxy groups -OCH3 is 1. The molecule has 0 bridgehead atoms. The monoisotopic (exact) mass is 448 g/mol. The van der Waals surface area contributed by atoms with Crippen molar-refractivity contribution in [3.63, 3.8) is 0 Å². The number of benzene rings is 1. The van der Waals surface area contributed by atoms with Gasteiger partial charge in [0.2, 0.25) is 0 Å². The lowest BCUT2D eigenvalue weighted by atomic mass is 10.1. The van der Waals surface area contributed by atoms with Gasteiger partial charge in [-0.1, -0.05) is 30.7 Å². The lowest BCUT2D eigenvalue weighted by Gasteiger charge is -2.31. The average molecular weight is 449 g/mol. The molecule has 3 rings (SSSR count). The van der Waals surface area contributed by atoms with E-state index in [-0.39, 0.29) is 22.0 Å². The second-order valence-electron chi connectivity index (χ2n) is 5.94. The van der Waals surface area contributed by atoms with Gasteiger partial charge in [0.1, 0.15) is 6.04 Å². The zero-order valence-electron chi connectivity index (χ0n) is 15.3. The highest BCUT2D eigenvalue weighted by atomic mass is 35.5. The molecule has 0 saturated carbocycles. The van der Waals surface area contributed by atoms with Crippen LogP contribution in [0.15, 0.2) is 47.8 Å². The van der Waals surface area contributed by atoms with Crippen LogP contribution in [0.3, 0.4) is 0 Å². The minimum absolute atomic E-state index is 0.0691. The van der Waals surface area contributed by atoms with Crippen molar-refractivity contribution in [1.82, 2.24) is 18.9 Å². The van der Waals surface area contributed by atoms with E-state index in [2.05, 4.69) is 10.1 Å². The predicted molar refractivity (Wildman–Crippen MR) is 99.4 cm³/mol. The third-order valence-electron chi connectivity index (χ3n) is 4.22. The maximum absolute atomic E-state index is 14.0. The molecule has 2 aromatic heterocycles. The molecule has 3 aromatic rings. The maximum atomic E-state index is 14.0. The van der Waals surface area contributed by atoms with Crippen molar-refractivity contribution in [2.45, 2.75) is 24.2 Å². The standard InChI is InChI=1S/C17H16ClF3N4O3S/c1-3-24(15(17(19,20)21)11-4-6-12(18)7-5-11)29(26,27)14-10-22-16-13(28-2)8-9-23-25(14)16/h4-10,15H,3H2,1-2H3/t15-/m1/s1. The Morgan fingerprint density at radius 3 is 2.45 bits per heavy atom. The van der Waals surface area contributed by atoms with Crippen LogP contribution in [0.1, 0.15) is 18.5 Å². The maximum Gasteiger partial charge on any atom is 0.409 e. The molecule has 0 aliphatic carbocycles. The van der Waals surface area contributed by atoms with Gasteiger partial charge < -0.3 is 4.74 Å². The first-order chi connectivity index (χ1) is 13.6. The molecule has 1 aromatic carbocycles. The van der Waals surface area contributed by atoms with Crippen LogP contribution in [0.2, 0.25) is 5.02 Å². The van der Waals surface area contributed by atoms with Crippen LogP contribution in [0.25, 0.3) is 5.65 Å². The van der Waals surface area contributed by atoms with Crippen LogP contribution < -0.4 is 4.74 Å². The molecular weight excluding hydrogens is 433 g/mol. The van der Waals surface area contributed by atoms with Crippen LogP contribution >= 0.6 is 11.6 Å². The van der Waals surface area contributed by atoms with Crippen molar-refractivity contribution < 1.29 is 26.3 Å². The van der Waals surface area contributed by atoms with Crippen molar-refractivity contribution in [2.24, 2.45) is 0 Å². The zero-order chi connectivity index (χ0) is 21.4. The topological polar surface area (TPSA) is 76.8 Å². The van der Waals surface area contributed by atoms with E-state index >= 15 is 0 Å². The van der Waals surface area contributed by atoms with Crippen molar-refractivity contribution in [3.8, 4) is 5.75 Å². The van der Waals surface area contributed by atoms with Crippen LogP contribution in [0, 0.1) is 0 Å². The Hall–Kier alpha value is -2.37. The highest BCUT2D eigenvalue weighted by Gasteiger charge is 2.49. The summed E-state index contributed by atoms with van der Waals surface area (Å²) in [7, 11) is -3.28. The van der Waals surface area contributed by atoms with Crippen molar-refractivity contribution in [2.75, 3.05) is 13.7 Å². The van der Waals surface area contributed by atoms with Gasteiger partial charge in [-0.3, -0.25) is 0 Å². The van der Waals surface area contributed by atoms with Gasteiger partial charge in [-0.05, 0) is 17.7 Å². The van der Waals surface area contributed by atoms with Gasteiger partial charge in [-0.15, -0.1) is 0 Å². The highest BCUT2D eigenvalue weighted by molar-refractivity contribution is 7.89. The van der Waals surface area contributed by atoms with E-state index in [0.717, 1.165) is 22.8 Å². The van der Waals surface area contributed by atoms with Crippen LogP contribution in [-0.4, -0.2) is 47.2 Å². The summed E-state index contributed by atoms with van der Waals surface area (Å²) < 4.78 is 74.7. The first-order valence-electron chi connectivity index (χ1n) is 8.32. The van der Waals surface area contributed by atoms with E-state index in [1.54, 1.807) is 0 Å². The van der Waals surface area contributed by atoms with Gasteiger partial charge >= 0.3 is 6.18 Å². The normalized spacial score (nSPS) is 13.8. The van der Waals surface area contributed by atoms with Crippen molar-refractivity contribution >= 4 is 27.3 Å². The fourth-order valence-electron chi connectivity index (χ4n) is 2.96. The molecule has 0 aliphatic rings.